The van der Waals surface area contributed by atoms with E-state index in [-0.39, 0.29) is 12.2 Å². The summed E-state index contributed by atoms with van der Waals surface area (Å²) in [5.41, 5.74) is 0. The molecule has 2 saturated heterocycles. The van der Waals surface area contributed by atoms with Crippen LogP contribution in [0, 0.1) is 0 Å². The fourth-order valence-electron chi connectivity index (χ4n) is 2.19. The van der Waals surface area contributed by atoms with E-state index in [0.717, 1.165) is 0 Å². The molecule has 0 radical (unpaired) electrons. The molecule has 2 aliphatic rings. The van der Waals surface area contributed by atoms with Crippen LogP contribution in [0.15, 0.2) is 0 Å². The maximum absolute atomic E-state index is 5.87. The first-order chi connectivity index (χ1) is 8.46. The zero-order chi connectivity index (χ0) is 13.3. The number of thiocarbonyl (C=S) groups is 1. The van der Waals surface area contributed by atoms with E-state index in [9.17, 15) is 0 Å². The molecule has 0 spiro atoms. The molecule has 0 bridgehead atoms. The Morgan fingerprint density at radius 3 is 2.72 bits per heavy atom. The molecule has 18 heavy (non-hydrogen) atoms. The second kappa shape index (κ2) is 5.60. The Hall–Kier alpha value is 0.0800. The molecular formula is C11H18O5S2. The van der Waals surface area contributed by atoms with Gasteiger partial charge >= 0.3 is 0 Å². The molecule has 0 aromatic carbocycles. The molecule has 2 heterocycles. The fraction of sp³-hybridized carbons (Fsp3) is 0.909. The summed E-state index contributed by atoms with van der Waals surface area (Å²) in [6, 6.07) is 0. The minimum Gasteiger partial charge on any atom is -0.467 e. The summed E-state index contributed by atoms with van der Waals surface area (Å²) in [6.45, 7) is 4.17. The van der Waals surface area contributed by atoms with E-state index >= 15 is 0 Å². The topological polar surface area (TPSA) is 46.2 Å². The van der Waals surface area contributed by atoms with Crippen LogP contribution in [-0.2, 0) is 23.7 Å². The van der Waals surface area contributed by atoms with Crippen molar-refractivity contribution in [3.05, 3.63) is 0 Å². The predicted molar refractivity (Wildman–Crippen MR) is 71.6 cm³/mol. The molecule has 2 aliphatic heterocycles. The van der Waals surface area contributed by atoms with Crippen LogP contribution in [0.2, 0.25) is 0 Å². The highest BCUT2D eigenvalue weighted by molar-refractivity contribution is 8.22. The van der Waals surface area contributed by atoms with E-state index < -0.39 is 18.2 Å². The molecular weight excluding hydrogens is 276 g/mol. The molecule has 0 amide bonds. The summed E-state index contributed by atoms with van der Waals surface area (Å²) in [5, 5.41) is 0. The summed E-state index contributed by atoms with van der Waals surface area (Å²) in [4.78, 5) is 0. The average molecular weight is 294 g/mol. The van der Waals surface area contributed by atoms with Gasteiger partial charge in [0.2, 0.25) is 4.38 Å². The Kier molecular flexibility index (Phi) is 4.51. The maximum atomic E-state index is 5.87. The molecule has 0 aromatic rings. The van der Waals surface area contributed by atoms with Crippen LogP contribution in [0.25, 0.3) is 0 Å². The van der Waals surface area contributed by atoms with Crippen LogP contribution in [0.4, 0.5) is 0 Å². The van der Waals surface area contributed by atoms with Gasteiger partial charge in [0.05, 0.1) is 6.61 Å². The van der Waals surface area contributed by atoms with E-state index in [1.54, 1.807) is 7.11 Å². The van der Waals surface area contributed by atoms with Gasteiger partial charge in [-0.2, -0.15) is 0 Å². The Labute approximate surface area is 116 Å². The number of hydrogen-bond donors (Lipinski definition) is 0. The first kappa shape index (κ1) is 14.5. The predicted octanol–water partition coefficient (Wildman–Crippen LogP) is 1.54. The Balaban J connectivity index is 2.12. The summed E-state index contributed by atoms with van der Waals surface area (Å²) < 4.78 is 28.6. The van der Waals surface area contributed by atoms with Crippen molar-refractivity contribution in [2.45, 2.75) is 44.2 Å². The van der Waals surface area contributed by atoms with Crippen LogP contribution >= 0.6 is 24.0 Å². The third-order valence-corrected chi connectivity index (χ3v) is 3.90. The van der Waals surface area contributed by atoms with Gasteiger partial charge < -0.3 is 23.7 Å². The van der Waals surface area contributed by atoms with Crippen LogP contribution in [0.5, 0.6) is 0 Å². The van der Waals surface area contributed by atoms with Gasteiger partial charge in [0, 0.05) is 7.11 Å². The van der Waals surface area contributed by atoms with E-state index in [0.29, 0.717) is 11.0 Å². The third-order valence-electron chi connectivity index (χ3n) is 2.87. The Morgan fingerprint density at radius 1 is 1.39 bits per heavy atom. The monoisotopic (exact) mass is 294 g/mol. The summed E-state index contributed by atoms with van der Waals surface area (Å²) >= 11 is 6.45. The minimum absolute atomic E-state index is 0.152. The van der Waals surface area contributed by atoms with Gasteiger partial charge in [-0.15, -0.1) is 0 Å². The molecule has 4 atom stereocenters. The zero-order valence-corrected chi connectivity index (χ0v) is 12.5. The van der Waals surface area contributed by atoms with Crippen LogP contribution in [-0.4, -0.2) is 54.7 Å². The lowest BCUT2D eigenvalue weighted by Crippen LogP contribution is -2.53. The van der Waals surface area contributed by atoms with Crippen molar-refractivity contribution < 1.29 is 23.7 Å². The Bertz CT molecular complexity index is 323. The molecule has 7 heteroatoms. The number of hydrogen-bond acceptors (Lipinski definition) is 7. The maximum Gasteiger partial charge on any atom is 0.220 e. The van der Waals surface area contributed by atoms with Gasteiger partial charge in [-0.25, -0.2) is 0 Å². The quantitative estimate of drug-likeness (QED) is 0.716. The van der Waals surface area contributed by atoms with Crippen molar-refractivity contribution in [3.8, 4) is 0 Å². The summed E-state index contributed by atoms with van der Waals surface area (Å²) in [6.07, 6.45) is 0.579. The average Bonchev–Trinajstić information content (AvgIpc) is 2.64. The lowest BCUT2D eigenvalue weighted by Gasteiger charge is -2.36. The van der Waals surface area contributed by atoms with Crippen molar-refractivity contribution in [3.63, 3.8) is 0 Å². The van der Waals surface area contributed by atoms with Crippen molar-refractivity contribution in [1.82, 2.24) is 0 Å². The first-order valence-corrected chi connectivity index (χ1v) is 7.35. The fourth-order valence-corrected chi connectivity index (χ4v) is 2.51. The normalized spacial score (nSPS) is 38.2. The highest BCUT2D eigenvalue weighted by Gasteiger charge is 2.52. The molecule has 0 N–H and O–H groups in total. The van der Waals surface area contributed by atoms with Gasteiger partial charge in [0.25, 0.3) is 0 Å². The van der Waals surface area contributed by atoms with Gasteiger partial charge in [0.15, 0.2) is 18.2 Å². The van der Waals surface area contributed by atoms with Crippen LogP contribution in [0.1, 0.15) is 13.8 Å². The summed E-state index contributed by atoms with van der Waals surface area (Å²) in [5.74, 6) is -0.635. The van der Waals surface area contributed by atoms with Crippen molar-refractivity contribution in [2.75, 3.05) is 20.0 Å². The second-order valence-corrected chi connectivity index (χ2v) is 6.02. The second-order valence-electron chi connectivity index (χ2n) is 4.61. The SMILES string of the molecule is CO[C@H]1OC[C@@H]2OC(C)(C)O[C@H]2[C@H]1OC(=S)SC. The van der Waals surface area contributed by atoms with Crippen molar-refractivity contribution in [2.24, 2.45) is 0 Å². The van der Waals surface area contributed by atoms with Crippen LogP contribution in [0.3, 0.4) is 0 Å². The highest BCUT2D eigenvalue weighted by Crippen LogP contribution is 2.36. The number of rotatable bonds is 2. The number of thioether (sulfide) groups is 1. The number of fused-ring (bicyclic) bond motifs is 1. The van der Waals surface area contributed by atoms with Gasteiger partial charge in [0.1, 0.15) is 12.2 Å². The standard InChI is InChI=1S/C11H18O5S2/c1-11(2)15-6-5-13-9(12-3)8(7(6)16-11)14-10(17)18-4/h6-9H,5H2,1-4H3/t6-,7+,8+,9-/m0/s1. The highest BCUT2D eigenvalue weighted by atomic mass is 32.2. The number of ether oxygens (including phenoxy) is 5. The van der Waals surface area contributed by atoms with E-state index in [2.05, 4.69) is 0 Å². The summed E-state index contributed by atoms with van der Waals surface area (Å²) in [7, 11) is 1.57. The smallest absolute Gasteiger partial charge is 0.220 e. The van der Waals surface area contributed by atoms with Gasteiger partial charge in [-0.3, -0.25) is 0 Å². The van der Waals surface area contributed by atoms with E-state index in [1.165, 1.54) is 11.8 Å². The molecule has 0 aromatic heterocycles. The van der Waals surface area contributed by atoms with E-state index in [4.69, 9.17) is 35.9 Å². The first-order valence-electron chi connectivity index (χ1n) is 5.71. The van der Waals surface area contributed by atoms with Gasteiger partial charge in [-0.05, 0) is 32.3 Å². The minimum atomic E-state index is -0.635. The molecule has 0 saturated carbocycles. The molecule has 2 fully saturated rings. The molecule has 104 valence electrons. The number of methoxy groups -OCH3 is 1. The lowest BCUT2D eigenvalue weighted by atomic mass is 10.1. The molecule has 0 aliphatic carbocycles. The lowest BCUT2D eigenvalue weighted by molar-refractivity contribution is -0.236. The third kappa shape index (κ3) is 2.97. The zero-order valence-electron chi connectivity index (χ0n) is 10.9. The van der Waals surface area contributed by atoms with E-state index in [1.807, 2.05) is 20.1 Å². The largest absolute Gasteiger partial charge is 0.467 e. The Morgan fingerprint density at radius 2 is 2.11 bits per heavy atom. The van der Waals surface area contributed by atoms with Gasteiger partial charge in [-0.1, -0.05) is 11.8 Å². The molecule has 0 unspecified atom stereocenters. The van der Waals surface area contributed by atoms with Crippen LogP contribution < -0.4 is 0 Å². The molecule has 5 nitrogen and oxygen atoms in total. The van der Waals surface area contributed by atoms with Crippen molar-refractivity contribution >= 4 is 28.4 Å². The van der Waals surface area contributed by atoms with Crippen molar-refractivity contribution in [1.29, 1.82) is 0 Å². The molecule has 2 rings (SSSR count).